The Hall–Kier alpha value is -2.21. The van der Waals surface area contributed by atoms with Crippen LogP contribution in [0.2, 0.25) is 0 Å². The van der Waals surface area contributed by atoms with Crippen molar-refractivity contribution < 1.29 is 15.0 Å². The summed E-state index contributed by atoms with van der Waals surface area (Å²) < 4.78 is 0. The Morgan fingerprint density at radius 1 is 1.19 bits per heavy atom. The lowest BCUT2D eigenvalue weighted by Gasteiger charge is -2.34. The summed E-state index contributed by atoms with van der Waals surface area (Å²) >= 11 is 1.67. The number of hydrogen-bond donors (Lipinski definition) is 4. The number of thiophene rings is 1. The predicted octanol–water partition coefficient (Wildman–Crippen LogP) is 4.16. The topological polar surface area (TPSA) is 81.6 Å². The molecule has 1 aliphatic carbocycles. The molecule has 4 rings (SSSR count). The van der Waals surface area contributed by atoms with Crippen molar-refractivity contribution >= 4 is 22.2 Å². The van der Waals surface area contributed by atoms with E-state index >= 15 is 0 Å². The smallest absolute Gasteiger partial charge is 0.256 e. The van der Waals surface area contributed by atoms with Crippen LogP contribution in [-0.4, -0.2) is 16.1 Å². The molecule has 26 heavy (non-hydrogen) atoms. The maximum atomic E-state index is 12.8. The van der Waals surface area contributed by atoms with Gasteiger partial charge < -0.3 is 20.8 Å². The van der Waals surface area contributed by atoms with Crippen LogP contribution in [0.5, 0.6) is 11.5 Å². The number of aromatic hydroxyl groups is 2. The Morgan fingerprint density at radius 2 is 1.96 bits per heavy atom. The Kier molecular flexibility index (Phi) is 3.91. The number of benzene rings is 1. The number of nitrogens with one attached hydrogen (secondary N) is 2. The van der Waals surface area contributed by atoms with Crippen molar-refractivity contribution in [2.75, 3.05) is 5.32 Å². The quantitative estimate of drug-likeness (QED) is 0.606. The first-order valence-corrected chi connectivity index (χ1v) is 9.79. The monoisotopic (exact) mass is 372 g/mol. The number of rotatable bonds is 1. The number of carbonyl (C=O) groups is 1. The molecule has 138 valence electrons. The lowest BCUT2D eigenvalue weighted by atomic mass is 9.72. The van der Waals surface area contributed by atoms with Crippen LogP contribution in [0.4, 0.5) is 5.00 Å². The van der Waals surface area contributed by atoms with Gasteiger partial charge >= 0.3 is 0 Å². The molecule has 1 aromatic heterocycles. The highest BCUT2D eigenvalue weighted by molar-refractivity contribution is 7.16. The van der Waals surface area contributed by atoms with Gasteiger partial charge in [0.2, 0.25) is 0 Å². The number of phenolic OH excluding ortho intramolecular Hbond substituents is 2. The molecule has 0 radical (unpaired) electrons. The second kappa shape index (κ2) is 5.91. The number of anilines is 1. The molecular weight excluding hydrogens is 348 g/mol. The average molecular weight is 372 g/mol. The van der Waals surface area contributed by atoms with E-state index in [1.165, 1.54) is 22.6 Å². The highest BCUT2D eigenvalue weighted by atomic mass is 32.1. The summed E-state index contributed by atoms with van der Waals surface area (Å²) in [6, 6.07) is 4.41. The van der Waals surface area contributed by atoms with Gasteiger partial charge in [0.05, 0.1) is 5.56 Å². The van der Waals surface area contributed by atoms with E-state index in [1.807, 2.05) is 0 Å². The minimum absolute atomic E-state index is 0.00566. The summed E-state index contributed by atoms with van der Waals surface area (Å²) in [6.07, 6.45) is 2.55. The summed E-state index contributed by atoms with van der Waals surface area (Å²) in [5.41, 5.74) is 2.76. The summed E-state index contributed by atoms with van der Waals surface area (Å²) in [5.74, 6) is 0.479. The van der Waals surface area contributed by atoms with Crippen LogP contribution in [0.15, 0.2) is 18.2 Å². The molecule has 2 heterocycles. The average Bonchev–Trinajstić information content (AvgIpc) is 2.91. The predicted molar refractivity (Wildman–Crippen MR) is 103 cm³/mol. The fourth-order valence-electron chi connectivity index (χ4n) is 3.97. The molecule has 2 atom stereocenters. The Balaban J connectivity index is 1.66. The molecule has 6 heteroatoms. The van der Waals surface area contributed by atoms with Gasteiger partial charge in [-0.2, -0.15) is 0 Å². The lowest BCUT2D eigenvalue weighted by Crippen LogP contribution is -2.38. The molecular formula is C20H24N2O3S. The van der Waals surface area contributed by atoms with Gasteiger partial charge in [0.1, 0.15) is 22.7 Å². The Morgan fingerprint density at radius 3 is 2.65 bits per heavy atom. The van der Waals surface area contributed by atoms with Crippen LogP contribution in [0.1, 0.15) is 59.7 Å². The molecule has 0 bridgehead atoms. The molecule has 2 aromatic rings. The number of hydrogen-bond acceptors (Lipinski definition) is 5. The van der Waals surface area contributed by atoms with Gasteiger partial charge in [-0.25, -0.2) is 0 Å². The molecule has 1 aliphatic heterocycles. The van der Waals surface area contributed by atoms with Crippen LogP contribution >= 0.6 is 11.3 Å². The normalized spacial score (nSPS) is 22.2. The first kappa shape index (κ1) is 17.2. The summed E-state index contributed by atoms with van der Waals surface area (Å²) in [4.78, 5) is 14.1. The van der Waals surface area contributed by atoms with E-state index in [4.69, 9.17) is 0 Å². The van der Waals surface area contributed by atoms with Gasteiger partial charge in [-0.05, 0) is 48.3 Å². The van der Waals surface area contributed by atoms with Gasteiger partial charge in [-0.15, -0.1) is 11.3 Å². The van der Waals surface area contributed by atoms with Crippen molar-refractivity contribution in [1.29, 1.82) is 0 Å². The van der Waals surface area contributed by atoms with Crippen LogP contribution in [-0.2, 0) is 12.8 Å². The van der Waals surface area contributed by atoms with Crippen LogP contribution in [0.3, 0.4) is 0 Å². The lowest BCUT2D eigenvalue weighted by molar-refractivity contribution is 0.0934. The third kappa shape index (κ3) is 2.82. The van der Waals surface area contributed by atoms with Crippen molar-refractivity contribution in [2.24, 2.45) is 11.3 Å². The third-order valence-corrected chi connectivity index (χ3v) is 6.78. The van der Waals surface area contributed by atoms with Gasteiger partial charge in [0.25, 0.3) is 5.91 Å². The van der Waals surface area contributed by atoms with Crippen LogP contribution in [0.25, 0.3) is 0 Å². The van der Waals surface area contributed by atoms with Crippen molar-refractivity contribution in [3.05, 3.63) is 39.8 Å². The van der Waals surface area contributed by atoms with E-state index in [1.54, 1.807) is 17.4 Å². The maximum Gasteiger partial charge on any atom is 0.256 e. The fourth-order valence-corrected chi connectivity index (χ4v) is 5.32. The summed E-state index contributed by atoms with van der Waals surface area (Å²) in [6.45, 7) is 6.85. The highest BCUT2D eigenvalue weighted by Gasteiger charge is 2.36. The zero-order valence-electron chi connectivity index (χ0n) is 15.2. The standard InChI is InChI=1S/C20H24N2O3S/c1-20(2,3)10-4-6-13-15(8-10)26-19-16(13)18(25)21-17(22-19)12-7-5-11(23)9-14(12)24/h5,7,9-10,17,22-24H,4,6,8H2,1-3H3,(H,21,25)/t10-,17-/m1/s1. The van der Waals surface area contributed by atoms with E-state index in [-0.39, 0.29) is 22.8 Å². The second-order valence-electron chi connectivity index (χ2n) is 8.31. The van der Waals surface area contributed by atoms with E-state index in [0.717, 1.165) is 29.8 Å². The largest absolute Gasteiger partial charge is 0.508 e. The van der Waals surface area contributed by atoms with E-state index in [2.05, 4.69) is 31.4 Å². The molecule has 1 amide bonds. The van der Waals surface area contributed by atoms with Crippen molar-refractivity contribution in [1.82, 2.24) is 5.32 Å². The minimum atomic E-state index is -0.505. The van der Waals surface area contributed by atoms with Crippen molar-refractivity contribution in [3.63, 3.8) is 0 Å². The molecule has 5 nitrogen and oxygen atoms in total. The van der Waals surface area contributed by atoms with Crippen molar-refractivity contribution in [3.8, 4) is 11.5 Å². The van der Waals surface area contributed by atoms with Crippen LogP contribution in [0, 0.1) is 11.3 Å². The minimum Gasteiger partial charge on any atom is -0.508 e. The molecule has 0 saturated carbocycles. The summed E-state index contributed by atoms with van der Waals surface area (Å²) in [7, 11) is 0. The highest BCUT2D eigenvalue weighted by Crippen LogP contribution is 2.46. The van der Waals surface area contributed by atoms with Crippen molar-refractivity contribution in [2.45, 2.75) is 46.2 Å². The van der Waals surface area contributed by atoms with E-state index in [9.17, 15) is 15.0 Å². The number of carbonyl (C=O) groups excluding carboxylic acids is 1. The SMILES string of the molecule is CC(C)(C)[C@@H]1CCc2c(sc3c2C(=O)N[C@@H](c2ccc(O)cc2O)N3)C1. The molecule has 2 aliphatic rings. The van der Waals surface area contributed by atoms with Gasteiger partial charge in [0.15, 0.2) is 0 Å². The fraction of sp³-hybridized carbons (Fsp3) is 0.450. The zero-order valence-corrected chi connectivity index (χ0v) is 16.0. The Bertz CT molecular complexity index is 882. The van der Waals surface area contributed by atoms with Gasteiger partial charge in [0, 0.05) is 16.5 Å². The van der Waals surface area contributed by atoms with Crippen LogP contribution < -0.4 is 10.6 Å². The zero-order chi connectivity index (χ0) is 18.6. The molecule has 0 unspecified atom stereocenters. The molecule has 0 saturated heterocycles. The second-order valence-corrected chi connectivity index (χ2v) is 9.41. The molecule has 0 spiro atoms. The van der Waals surface area contributed by atoms with Gasteiger partial charge in [-0.1, -0.05) is 20.8 Å². The maximum absolute atomic E-state index is 12.8. The summed E-state index contributed by atoms with van der Waals surface area (Å²) in [5, 5.41) is 26.8. The molecule has 0 fully saturated rings. The van der Waals surface area contributed by atoms with E-state index in [0.29, 0.717) is 11.5 Å². The molecule has 1 aromatic carbocycles. The number of phenols is 2. The first-order chi connectivity index (χ1) is 12.2. The number of fused-ring (bicyclic) bond motifs is 3. The Labute approximate surface area is 157 Å². The van der Waals surface area contributed by atoms with E-state index < -0.39 is 6.17 Å². The third-order valence-electron chi connectivity index (χ3n) is 5.59. The molecule has 4 N–H and O–H groups in total. The van der Waals surface area contributed by atoms with Gasteiger partial charge in [-0.3, -0.25) is 4.79 Å². The number of amides is 1. The first-order valence-electron chi connectivity index (χ1n) is 8.98.